The Bertz CT molecular complexity index is 357. The van der Waals surface area contributed by atoms with Crippen LogP contribution in [0.25, 0.3) is 0 Å². The number of hydrogen-bond donors (Lipinski definition) is 2. The molecule has 80 valence electrons. The Hall–Kier alpha value is -1.05. The molecule has 2 N–H and O–H groups in total. The molecule has 0 amide bonds. The van der Waals surface area contributed by atoms with Gasteiger partial charge >= 0.3 is 0 Å². The predicted octanol–water partition coefficient (Wildman–Crippen LogP) is 2.34. The zero-order valence-electron chi connectivity index (χ0n) is 8.68. The van der Waals surface area contributed by atoms with Gasteiger partial charge in [0.25, 0.3) is 0 Å². The van der Waals surface area contributed by atoms with Gasteiger partial charge in [-0.2, -0.15) is 5.26 Å². The smallest absolute Gasteiger partial charge is 0.101 e. The van der Waals surface area contributed by atoms with Crippen LogP contribution in [0.4, 0.5) is 5.69 Å². The zero-order valence-corrected chi connectivity index (χ0v) is 10.3. The summed E-state index contributed by atoms with van der Waals surface area (Å²) in [5.41, 5.74) is 1.56. The molecular formula is C11H14BrN3. The highest BCUT2D eigenvalue weighted by atomic mass is 79.9. The Morgan fingerprint density at radius 1 is 1.40 bits per heavy atom. The summed E-state index contributed by atoms with van der Waals surface area (Å²) in [7, 11) is 0. The third-order valence-corrected chi connectivity index (χ3v) is 2.46. The van der Waals surface area contributed by atoms with Crippen molar-refractivity contribution in [2.45, 2.75) is 6.92 Å². The molecule has 0 bridgehead atoms. The summed E-state index contributed by atoms with van der Waals surface area (Å²) in [6, 6.07) is 7.82. The maximum absolute atomic E-state index is 8.92. The molecule has 0 aliphatic carbocycles. The molecule has 0 spiro atoms. The van der Waals surface area contributed by atoms with Gasteiger partial charge in [0.05, 0.1) is 11.3 Å². The van der Waals surface area contributed by atoms with E-state index >= 15 is 0 Å². The van der Waals surface area contributed by atoms with E-state index in [1.807, 2.05) is 18.2 Å². The number of benzene rings is 1. The molecule has 4 heteroatoms. The SMILES string of the molecule is CCNCCNc1ccc(Br)cc1C#N. The normalized spacial score (nSPS) is 9.67. The lowest BCUT2D eigenvalue weighted by Gasteiger charge is -2.08. The van der Waals surface area contributed by atoms with Crippen LogP contribution in [0.15, 0.2) is 22.7 Å². The number of nitriles is 1. The van der Waals surface area contributed by atoms with E-state index < -0.39 is 0 Å². The third kappa shape index (κ3) is 3.90. The highest BCUT2D eigenvalue weighted by Gasteiger charge is 2.01. The molecule has 0 heterocycles. The molecule has 0 radical (unpaired) electrons. The van der Waals surface area contributed by atoms with Crippen LogP contribution in [0, 0.1) is 11.3 Å². The lowest BCUT2D eigenvalue weighted by atomic mass is 10.2. The van der Waals surface area contributed by atoms with Gasteiger partial charge in [-0.15, -0.1) is 0 Å². The second-order valence-electron chi connectivity index (χ2n) is 3.08. The largest absolute Gasteiger partial charge is 0.383 e. The molecule has 15 heavy (non-hydrogen) atoms. The van der Waals surface area contributed by atoms with Crippen molar-refractivity contribution in [3.63, 3.8) is 0 Å². The summed E-state index contributed by atoms with van der Waals surface area (Å²) in [5.74, 6) is 0. The van der Waals surface area contributed by atoms with Crippen molar-refractivity contribution in [2.75, 3.05) is 25.0 Å². The van der Waals surface area contributed by atoms with Gasteiger partial charge in [0, 0.05) is 17.6 Å². The Balaban J connectivity index is 2.57. The van der Waals surface area contributed by atoms with E-state index in [-0.39, 0.29) is 0 Å². The molecule has 0 aliphatic heterocycles. The van der Waals surface area contributed by atoms with Crippen LogP contribution in [-0.2, 0) is 0 Å². The fraction of sp³-hybridized carbons (Fsp3) is 0.364. The Labute approximate surface area is 98.6 Å². The molecular weight excluding hydrogens is 254 g/mol. The third-order valence-electron chi connectivity index (χ3n) is 1.97. The number of hydrogen-bond acceptors (Lipinski definition) is 3. The van der Waals surface area contributed by atoms with E-state index in [0.29, 0.717) is 5.56 Å². The topological polar surface area (TPSA) is 47.8 Å². The van der Waals surface area contributed by atoms with E-state index in [2.05, 4.69) is 39.6 Å². The minimum absolute atomic E-state index is 0.667. The van der Waals surface area contributed by atoms with Crippen LogP contribution in [0.1, 0.15) is 12.5 Å². The first-order valence-electron chi connectivity index (χ1n) is 4.92. The molecule has 0 fully saturated rings. The van der Waals surface area contributed by atoms with Crippen LogP contribution in [0.5, 0.6) is 0 Å². The number of nitrogens with zero attached hydrogens (tertiary/aromatic N) is 1. The lowest BCUT2D eigenvalue weighted by molar-refractivity contribution is 0.739. The van der Waals surface area contributed by atoms with Crippen molar-refractivity contribution < 1.29 is 0 Å². The lowest BCUT2D eigenvalue weighted by Crippen LogP contribution is -2.21. The second kappa shape index (κ2) is 6.44. The van der Waals surface area contributed by atoms with Gasteiger partial charge in [-0.1, -0.05) is 22.9 Å². The minimum Gasteiger partial charge on any atom is -0.383 e. The summed E-state index contributed by atoms with van der Waals surface area (Å²) in [5, 5.41) is 15.4. The van der Waals surface area contributed by atoms with Crippen molar-refractivity contribution in [1.29, 1.82) is 5.26 Å². The molecule has 0 unspecified atom stereocenters. The number of likely N-dealkylation sites (N-methyl/N-ethyl adjacent to an activating group) is 1. The summed E-state index contributed by atoms with van der Waals surface area (Å²) in [6.07, 6.45) is 0. The summed E-state index contributed by atoms with van der Waals surface area (Å²) >= 11 is 3.34. The summed E-state index contributed by atoms with van der Waals surface area (Å²) < 4.78 is 0.927. The van der Waals surface area contributed by atoms with Gasteiger partial charge in [0.2, 0.25) is 0 Å². The van der Waals surface area contributed by atoms with Gasteiger partial charge in [0.15, 0.2) is 0 Å². The maximum atomic E-state index is 8.92. The predicted molar refractivity (Wildman–Crippen MR) is 65.9 cm³/mol. The molecule has 3 nitrogen and oxygen atoms in total. The number of rotatable bonds is 5. The Morgan fingerprint density at radius 3 is 2.87 bits per heavy atom. The first-order valence-corrected chi connectivity index (χ1v) is 5.71. The zero-order chi connectivity index (χ0) is 11.1. The fourth-order valence-electron chi connectivity index (χ4n) is 1.23. The van der Waals surface area contributed by atoms with Gasteiger partial charge in [-0.05, 0) is 24.7 Å². The fourth-order valence-corrected chi connectivity index (χ4v) is 1.59. The summed E-state index contributed by atoms with van der Waals surface area (Å²) in [4.78, 5) is 0. The minimum atomic E-state index is 0.667. The van der Waals surface area contributed by atoms with Crippen molar-refractivity contribution in [2.24, 2.45) is 0 Å². The van der Waals surface area contributed by atoms with Gasteiger partial charge in [-0.3, -0.25) is 0 Å². The molecule has 0 saturated carbocycles. The van der Waals surface area contributed by atoms with Gasteiger partial charge in [0.1, 0.15) is 6.07 Å². The van der Waals surface area contributed by atoms with Crippen molar-refractivity contribution in [1.82, 2.24) is 5.32 Å². The Kier molecular flexibility index (Phi) is 5.16. The van der Waals surface area contributed by atoms with E-state index in [9.17, 15) is 0 Å². The Morgan fingerprint density at radius 2 is 2.20 bits per heavy atom. The second-order valence-corrected chi connectivity index (χ2v) is 4.00. The quantitative estimate of drug-likeness (QED) is 0.806. The van der Waals surface area contributed by atoms with E-state index in [0.717, 1.165) is 29.8 Å². The molecule has 1 rings (SSSR count). The first kappa shape index (κ1) is 12.0. The van der Waals surface area contributed by atoms with Gasteiger partial charge in [-0.25, -0.2) is 0 Å². The average molecular weight is 268 g/mol. The molecule has 0 atom stereocenters. The van der Waals surface area contributed by atoms with E-state index in [1.54, 1.807) is 0 Å². The molecule has 0 aliphatic rings. The molecule has 1 aromatic rings. The van der Waals surface area contributed by atoms with Crippen molar-refractivity contribution in [3.8, 4) is 6.07 Å². The molecule has 0 saturated heterocycles. The standard InChI is InChI=1S/C11H14BrN3/c1-2-14-5-6-15-11-4-3-10(12)7-9(11)8-13/h3-4,7,14-15H,2,5-6H2,1H3. The van der Waals surface area contributed by atoms with Crippen LogP contribution in [0.3, 0.4) is 0 Å². The van der Waals surface area contributed by atoms with Crippen LogP contribution < -0.4 is 10.6 Å². The monoisotopic (exact) mass is 267 g/mol. The highest BCUT2D eigenvalue weighted by Crippen LogP contribution is 2.19. The average Bonchev–Trinajstić information content (AvgIpc) is 2.26. The molecule has 1 aromatic carbocycles. The van der Waals surface area contributed by atoms with Crippen molar-refractivity contribution in [3.05, 3.63) is 28.2 Å². The summed E-state index contributed by atoms with van der Waals surface area (Å²) in [6.45, 7) is 4.76. The highest BCUT2D eigenvalue weighted by molar-refractivity contribution is 9.10. The molecule has 0 aromatic heterocycles. The van der Waals surface area contributed by atoms with Gasteiger partial charge < -0.3 is 10.6 Å². The van der Waals surface area contributed by atoms with Crippen LogP contribution in [-0.4, -0.2) is 19.6 Å². The first-order chi connectivity index (χ1) is 7.27. The van der Waals surface area contributed by atoms with E-state index in [1.165, 1.54) is 0 Å². The number of anilines is 1. The number of halogens is 1. The van der Waals surface area contributed by atoms with Crippen molar-refractivity contribution >= 4 is 21.6 Å². The maximum Gasteiger partial charge on any atom is 0.101 e. The number of nitrogens with one attached hydrogen (secondary N) is 2. The van der Waals surface area contributed by atoms with Crippen LogP contribution in [0.2, 0.25) is 0 Å². The van der Waals surface area contributed by atoms with Crippen LogP contribution >= 0.6 is 15.9 Å². The van der Waals surface area contributed by atoms with E-state index in [4.69, 9.17) is 5.26 Å².